The first-order valence-electron chi connectivity index (χ1n) is 11.4. The predicted molar refractivity (Wildman–Crippen MR) is 107 cm³/mol. The number of rotatable bonds is 19. The predicted octanol–water partition coefficient (Wildman–Crippen LogP) is 6.04. The summed E-state index contributed by atoms with van der Waals surface area (Å²) in [5, 5.41) is 19.2. The average Bonchev–Trinajstić information content (AvgIpc) is 3.21. The van der Waals surface area contributed by atoms with Gasteiger partial charge in [-0.1, -0.05) is 110 Å². The van der Waals surface area contributed by atoms with Crippen molar-refractivity contribution < 1.29 is 19.7 Å². The summed E-state index contributed by atoms with van der Waals surface area (Å²) in [5.41, 5.74) is 0. The van der Waals surface area contributed by atoms with E-state index in [1.165, 1.54) is 83.5 Å². The summed E-state index contributed by atoms with van der Waals surface area (Å²) in [6.45, 7) is 4.48. The number of epoxide rings is 1. The minimum atomic E-state index is -1.73. The van der Waals surface area contributed by atoms with Crippen LogP contribution in [0.2, 0.25) is 0 Å². The number of hydrogen-bond acceptors (Lipinski definition) is 4. The van der Waals surface area contributed by atoms with Crippen LogP contribution >= 0.6 is 0 Å². The van der Waals surface area contributed by atoms with Crippen molar-refractivity contribution in [2.24, 2.45) is 0 Å². The van der Waals surface area contributed by atoms with Gasteiger partial charge >= 0.3 is 5.97 Å². The average molecular weight is 373 g/mol. The molecule has 1 aliphatic heterocycles. The maximum Gasteiger partial charge on any atom is 0.337 e. The van der Waals surface area contributed by atoms with E-state index in [1.54, 1.807) is 0 Å². The van der Waals surface area contributed by atoms with Gasteiger partial charge in [-0.15, -0.1) is 0 Å². The fraction of sp³-hybridized carbons (Fsp3) is 1.00. The molecule has 26 heavy (non-hydrogen) atoms. The molecule has 0 aromatic rings. The smallest absolute Gasteiger partial charge is 0.337 e. The van der Waals surface area contributed by atoms with Crippen LogP contribution in [0.4, 0.5) is 0 Å². The van der Waals surface area contributed by atoms with Gasteiger partial charge in [-0.2, -0.15) is 0 Å². The Hall–Kier alpha value is -0.160. The number of unbranched alkanes of at least 4 members (excludes halogenated alkanes) is 13. The maximum absolute atomic E-state index is 9.88. The quantitative estimate of drug-likeness (QED) is 0.165. The largest absolute Gasteiger partial charge is 0.362 e. The molecule has 1 aliphatic rings. The standard InChI is InChI=1S/C22H44O4/c1-3-5-7-9-10-11-12-13-15-17-19-20(18-16-14-8-6-4-2)25-22(24)21(23)26-22/h20-21,23-24H,3-19H2,1-2H3. The summed E-state index contributed by atoms with van der Waals surface area (Å²) in [4.78, 5) is 0. The second kappa shape index (κ2) is 14.8. The summed E-state index contributed by atoms with van der Waals surface area (Å²) in [7, 11) is 0. The number of ether oxygens (including phenoxy) is 2. The molecule has 0 spiro atoms. The van der Waals surface area contributed by atoms with Gasteiger partial charge < -0.3 is 14.9 Å². The Morgan fingerprint density at radius 2 is 1.08 bits per heavy atom. The summed E-state index contributed by atoms with van der Waals surface area (Å²) < 4.78 is 10.4. The molecule has 2 N–H and O–H groups in total. The molecular weight excluding hydrogens is 328 g/mol. The van der Waals surface area contributed by atoms with E-state index in [1.807, 2.05) is 0 Å². The summed E-state index contributed by atoms with van der Waals surface area (Å²) in [6.07, 6.45) is 20.1. The molecule has 1 heterocycles. The highest BCUT2D eigenvalue weighted by Gasteiger charge is 2.58. The molecule has 4 nitrogen and oxygen atoms in total. The molecule has 0 bridgehead atoms. The van der Waals surface area contributed by atoms with Crippen molar-refractivity contribution >= 4 is 0 Å². The summed E-state index contributed by atoms with van der Waals surface area (Å²) in [5.74, 6) is -1.73. The fourth-order valence-corrected chi connectivity index (χ4v) is 3.55. The van der Waals surface area contributed by atoms with Crippen molar-refractivity contribution in [2.45, 2.75) is 141 Å². The second-order valence-electron chi connectivity index (χ2n) is 8.01. The minimum absolute atomic E-state index is 0.00665. The van der Waals surface area contributed by atoms with Crippen LogP contribution < -0.4 is 0 Å². The van der Waals surface area contributed by atoms with Gasteiger partial charge in [-0.25, -0.2) is 0 Å². The SMILES string of the molecule is CCCCCCCCCCCCC(CCCCCCC)OC1(O)OC1O. The van der Waals surface area contributed by atoms with Crippen LogP contribution in [0, 0.1) is 0 Å². The summed E-state index contributed by atoms with van der Waals surface area (Å²) in [6, 6.07) is 0. The lowest BCUT2D eigenvalue weighted by Crippen LogP contribution is -2.27. The maximum atomic E-state index is 9.88. The fourth-order valence-electron chi connectivity index (χ4n) is 3.55. The summed E-state index contributed by atoms with van der Waals surface area (Å²) >= 11 is 0. The van der Waals surface area contributed by atoms with Crippen molar-refractivity contribution in [2.75, 3.05) is 0 Å². The molecule has 1 saturated heterocycles. The minimum Gasteiger partial charge on any atom is -0.362 e. The number of aliphatic hydroxyl groups excluding tert-OH is 1. The number of aliphatic hydroxyl groups is 2. The zero-order valence-corrected chi connectivity index (χ0v) is 17.4. The molecule has 0 amide bonds. The molecular formula is C22H44O4. The van der Waals surface area contributed by atoms with Crippen LogP contribution in [-0.2, 0) is 9.47 Å². The highest BCUT2D eigenvalue weighted by Crippen LogP contribution is 2.35. The normalized spacial score (nSPS) is 23.3. The first kappa shape index (κ1) is 23.9. The van der Waals surface area contributed by atoms with E-state index in [-0.39, 0.29) is 6.10 Å². The van der Waals surface area contributed by atoms with E-state index in [0.29, 0.717) is 0 Å². The first-order chi connectivity index (χ1) is 12.6. The van der Waals surface area contributed by atoms with E-state index in [2.05, 4.69) is 13.8 Å². The second-order valence-corrected chi connectivity index (χ2v) is 8.01. The first-order valence-corrected chi connectivity index (χ1v) is 11.4. The molecule has 0 saturated carbocycles. The third kappa shape index (κ3) is 11.5. The third-order valence-electron chi connectivity index (χ3n) is 5.38. The van der Waals surface area contributed by atoms with E-state index < -0.39 is 12.3 Å². The lowest BCUT2D eigenvalue weighted by molar-refractivity contribution is -0.226. The monoisotopic (exact) mass is 372 g/mol. The Kier molecular flexibility index (Phi) is 13.6. The van der Waals surface area contributed by atoms with Crippen molar-refractivity contribution in [3.63, 3.8) is 0 Å². The Labute approximate surface area is 161 Å². The number of hydrogen-bond donors (Lipinski definition) is 2. The molecule has 3 unspecified atom stereocenters. The molecule has 0 aromatic carbocycles. The lowest BCUT2D eigenvalue weighted by Gasteiger charge is -2.19. The van der Waals surface area contributed by atoms with Gasteiger partial charge in [0.05, 0.1) is 6.10 Å². The van der Waals surface area contributed by atoms with Crippen LogP contribution in [0.1, 0.15) is 123 Å². The Morgan fingerprint density at radius 1 is 0.731 bits per heavy atom. The zero-order chi connectivity index (χ0) is 19.1. The topological polar surface area (TPSA) is 62.2 Å². The third-order valence-corrected chi connectivity index (χ3v) is 5.38. The van der Waals surface area contributed by atoms with Crippen LogP contribution in [0.15, 0.2) is 0 Å². The molecule has 1 rings (SSSR count). The van der Waals surface area contributed by atoms with E-state index in [9.17, 15) is 10.2 Å². The highest BCUT2D eigenvalue weighted by molar-refractivity contribution is 4.76. The van der Waals surface area contributed by atoms with Gasteiger partial charge in [0, 0.05) is 0 Å². The Balaban J connectivity index is 2.06. The van der Waals surface area contributed by atoms with Gasteiger partial charge in [0.15, 0.2) is 0 Å². The lowest BCUT2D eigenvalue weighted by atomic mass is 10.0. The highest BCUT2D eigenvalue weighted by atomic mass is 17.0. The van der Waals surface area contributed by atoms with Crippen molar-refractivity contribution in [1.82, 2.24) is 0 Å². The van der Waals surface area contributed by atoms with Crippen LogP contribution in [0.25, 0.3) is 0 Å². The van der Waals surface area contributed by atoms with E-state index >= 15 is 0 Å². The van der Waals surface area contributed by atoms with Crippen LogP contribution in [0.3, 0.4) is 0 Å². The van der Waals surface area contributed by atoms with Gasteiger partial charge in [0.1, 0.15) is 0 Å². The molecule has 0 aliphatic carbocycles. The van der Waals surface area contributed by atoms with Crippen LogP contribution in [-0.4, -0.2) is 28.6 Å². The molecule has 0 aromatic heterocycles. The Bertz CT molecular complexity index is 323. The Morgan fingerprint density at radius 3 is 1.42 bits per heavy atom. The van der Waals surface area contributed by atoms with Crippen LogP contribution in [0.5, 0.6) is 0 Å². The molecule has 0 radical (unpaired) electrons. The van der Waals surface area contributed by atoms with E-state index in [4.69, 9.17) is 9.47 Å². The van der Waals surface area contributed by atoms with Gasteiger partial charge in [-0.05, 0) is 12.8 Å². The van der Waals surface area contributed by atoms with E-state index in [0.717, 1.165) is 25.7 Å². The zero-order valence-electron chi connectivity index (χ0n) is 17.4. The molecule has 4 heteroatoms. The molecule has 3 atom stereocenters. The molecule has 156 valence electrons. The van der Waals surface area contributed by atoms with Crippen molar-refractivity contribution in [3.8, 4) is 0 Å². The van der Waals surface area contributed by atoms with Gasteiger partial charge in [-0.3, -0.25) is 4.74 Å². The molecule has 1 fully saturated rings. The van der Waals surface area contributed by atoms with Gasteiger partial charge in [0.2, 0.25) is 6.29 Å². The van der Waals surface area contributed by atoms with Crippen molar-refractivity contribution in [1.29, 1.82) is 0 Å². The van der Waals surface area contributed by atoms with Gasteiger partial charge in [0.25, 0.3) is 0 Å². The van der Waals surface area contributed by atoms with Crippen molar-refractivity contribution in [3.05, 3.63) is 0 Å².